The van der Waals surface area contributed by atoms with E-state index in [0.717, 1.165) is 0 Å². The van der Waals surface area contributed by atoms with Crippen molar-refractivity contribution in [1.29, 1.82) is 0 Å². The molecule has 1 heterocycles. The van der Waals surface area contributed by atoms with Crippen molar-refractivity contribution in [3.63, 3.8) is 0 Å². The van der Waals surface area contributed by atoms with Crippen LogP contribution in [-0.2, 0) is 23.9 Å². The molecular formula is C15H24INO5. The van der Waals surface area contributed by atoms with Gasteiger partial charge in [0.2, 0.25) is 11.8 Å². The highest BCUT2D eigenvalue weighted by molar-refractivity contribution is 14.1. The van der Waals surface area contributed by atoms with E-state index in [0.29, 0.717) is 26.2 Å². The van der Waals surface area contributed by atoms with E-state index >= 15 is 0 Å². The van der Waals surface area contributed by atoms with Crippen molar-refractivity contribution in [1.82, 2.24) is 4.90 Å². The first-order valence-electron chi connectivity index (χ1n) is 7.51. The minimum Gasteiger partial charge on any atom is -0.377 e. The summed E-state index contributed by atoms with van der Waals surface area (Å²) < 4.78 is 10.5. The lowest BCUT2D eigenvalue weighted by Gasteiger charge is -2.16. The number of carbonyl (C=O) groups is 3. The van der Waals surface area contributed by atoms with E-state index in [2.05, 4.69) is 0 Å². The van der Waals surface area contributed by atoms with E-state index in [4.69, 9.17) is 9.47 Å². The zero-order valence-electron chi connectivity index (χ0n) is 13.3. The van der Waals surface area contributed by atoms with Crippen LogP contribution in [0.2, 0.25) is 0 Å². The van der Waals surface area contributed by atoms with Crippen LogP contribution in [0.5, 0.6) is 0 Å². The maximum Gasteiger partial charge on any atom is 0.233 e. The molecule has 0 bridgehead atoms. The first-order valence-corrected chi connectivity index (χ1v) is 8.75. The summed E-state index contributed by atoms with van der Waals surface area (Å²) in [5.41, 5.74) is 0. The smallest absolute Gasteiger partial charge is 0.233 e. The summed E-state index contributed by atoms with van der Waals surface area (Å²) in [5, 5.41) is 0. The molecule has 1 rings (SSSR count). The fourth-order valence-electron chi connectivity index (χ4n) is 2.13. The van der Waals surface area contributed by atoms with Gasteiger partial charge >= 0.3 is 0 Å². The van der Waals surface area contributed by atoms with Gasteiger partial charge in [-0.05, 0) is 12.8 Å². The average molecular weight is 425 g/mol. The summed E-state index contributed by atoms with van der Waals surface area (Å²) in [4.78, 5) is 36.4. The molecule has 2 atom stereocenters. The SMILES string of the molecule is CC(I)C(=O)COCCOCCN1C(=O)CC(C(C)C)C1=O. The summed E-state index contributed by atoms with van der Waals surface area (Å²) in [5.74, 6) is -0.189. The molecule has 1 saturated heterocycles. The molecule has 6 nitrogen and oxygen atoms in total. The standard InChI is InChI=1S/C15H24INO5/c1-10(2)12-8-14(19)17(15(12)20)4-5-21-6-7-22-9-13(18)11(3)16/h10-12H,4-9H2,1-3H3. The van der Waals surface area contributed by atoms with Crippen LogP contribution in [0.1, 0.15) is 27.2 Å². The Morgan fingerprint density at radius 2 is 1.86 bits per heavy atom. The molecule has 0 aromatic rings. The second kappa shape index (κ2) is 9.57. The van der Waals surface area contributed by atoms with E-state index in [1.54, 1.807) is 0 Å². The summed E-state index contributed by atoms with van der Waals surface area (Å²) in [6, 6.07) is 0. The third-order valence-electron chi connectivity index (χ3n) is 3.60. The number of hydrogen-bond donors (Lipinski definition) is 0. The van der Waals surface area contributed by atoms with Gasteiger partial charge in [0.25, 0.3) is 0 Å². The number of rotatable bonds is 10. The van der Waals surface area contributed by atoms with Gasteiger partial charge in [0.1, 0.15) is 6.61 Å². The van der Waals surface area contributed by atoms with Crippen LogP contribution >= 0.6 is 22.6 Å². The first-order chi connectivity index (χ1) is 10.3. The lowest BCUT2D eigenvalue weighted by Crippen LogP contribution is -2.34. The van der Waals surface area contributed by atoms with Crippen LogP contribution < -0.4 is 0 Å². The van der Waals surface area contributed by atoms with Crippen LogP contribution in [0, 0.1) is 11.8 Å². The second-order valence-electron chi connectivity index (χ2n) is 5.69. The minimum absolute atomic E-state index is 0.0496. The van der Waals surface area contributed by atoms with Crippen molar-refractivity contribution in [2.24, 2.45) is 11.8 Å². The van der Waals surface area contributed by atoms with Gasteiger partial charge < -0.3 is 9.47 Å². The average Bonchev–Trinajstić information content (AvgIpc) is 2.73. The topological polar surface area (TPSA) is 72.9 Å². The van der Waals surface area contributed by atoms with Gasteiger partial charge in [0, 0.05) is 12.3 Å². The molecule has 1 aliphatic rings. The van der Waals surface area contributed by atoms with Gasteiger partial charge in [-0.3, -0.25) is 19.3 Å². The summed E-state index contributed by atoms with van der Waals surface area (Å²) in [7, 11) is 0. The van der Waals surface area contributed by atoms with Crippen molar-refractivity contribution in [2.75, 3.05) is 33.0 Å². The number of imide groups is 1. The van der Waals surface area contributed by atoms with Crippen molar-refractivity contribution in [3.8, 4) is 0 Å². The monoisotopic (exact) mass is 425 g/mol. The van der Waals surface area contributed by atoms with Gasteiger partial charge in [0.05, 0.1) is 30.3 Å². The normalized spacial score (nSPS) is 20.0. The molecule has 0 aliphatic carbocycles. The Kier molecular flexibility index (Phi) is 8.48. The summed E-state index contributed by atoms with van der Waals surface area (Å²) in [6.45, 7) is 7.05. The van der Waals surface area contributed by atoms with Crippen molar-refractivity contribution in [3.05, 3.63) is 0 Å². The molecule has 7 heteroatoms. The first kappa shape index (κ1) is 19.5. The minimum atomic E-state index is -0.197. The molecule has 0 N–H and O–H groups in total. The largest absolute Gasteiger partial charge is 0.377 e. The van der Waals surface area contributed by atoms with Gasteiger partial charge in [-0.15, -0.1) is 0 Å². The molecule has 126 valence electrons. The van der Waals surface area contributed by atoms with Crippen LogP contribution in [0.4, 0.5) is 0 Å². The number of likely N-dealkylation sites (tertiary alicyclic amines) is 1. The highest BCUT2D eigenvalue weighted by atomic mass is 127. The maximum absolute atomic E-state index is 12.0. The summed E-state index contributed by atoms with van der Waals surface area (Å²) in [6.07, 6.45) is 0.302. The Labute approximate surface area is 145 Å². The molecule has 0 aromatic heterocycles. The quantitative estimate of drug-likeness (QED) is 0.229. The van der Waals surface area contributed by atoms with Crippen LogP contribution in [0.3, 0.4) is 0 Å². The number of alkyl halides is 1. The van der Waals surface area contributed by atoms with Crippen molar-refractivity contribution in [2.45, 2.75) is 31.1 Å². The third kappa shape index (κ3) is 5.92. The fourth-order valence-corrected chi connectivity index (χ4v) is 2.31. The fraction of sp³-hybridized carbons (Fsp3) is 0.800. The number of nitrogens with zero attached hydrogens (tertiary/aromatic N) is 1. The van der Waals surface area contributed by atoms with Crippen LogP contribution in [0.25, 0.3) is 0 Å². The molecule has 2 unspecified atom stereocenters. The maximum atomic E-state index is 12.0. The number of halogens is 1. The lowest BCUT2D eigenvalue weighted by molar-refractivity contribution is -0.140. The van der Waals surface area contributed by atoms with E-state index in [1.807, 2.05) is 43.4 Å². The van der Waals surface area contributed by atoms with Crippen molar-refractivity contribution >= 4 is 40.2 Å². The molecule has 22 heavy (non-hydrogen) atoms. The Bertz CT molecular complexity index is 411. The Hall–Kier alpha value is -0.540. The van der Waals surface area contributed by atoms with Crippen LogP contribution in [-0.4, -0.2) is 59.4 Å². The van der Waals surface area contributed by atoms with Gasteiger partial charge in [0.15, 0.2) is 5.78 Å². The van der Waals surface area contributed by atoms with Gasteiger partial charge in [-0.2, -0.15) is 0 Å². The molecular weight excluding hydrogens is 401 g/mol. The second-order valence-corrected chi connectivity index (χ2v) is 7.55. The van der Waals surface area contributed by atoms with E-state index in [-0.39, 0.29) is 46.5 Å². The number of carbonyl (C=O) groups excluding carboxylic acids is 3. The Morgan fingerprint density at radius 3 is 2.41 bits per heavy atom. The number of ether oxygens (including phenoxy) is 2. The summed E-state index contributed by atoms with van der Waals surface area (Å²) >= 11 is 2.04. The molecule has 0 saturated carbocycles. The molecule has 1 fully saturated rings. The number of amides is 2. The predicted molar refractivity (Wildman–Crippen MR) is 89.8 cm³/mol. The molecule has 0 aromatic carbocycles. The third-order valence-corrected chi connectivity index (χ3v) is 4.30. The number of hydrogen-bond acceptors (Lipinski definition) is 5. The highest BCUT2D eigenvalue weighted by Gasteiger charge is 2.39. The van der Waals surface area contributed by atoms with Gasteiger partial charge in [-0.25, -0.2) is 0 Å². The zero-order chi connectivity index (χ0) is 16.7. The molecule has 2 amide bonds. The van der Waals surface area contributed by atoms with E-state index < -0.39 is 0 Å². The Morgan fingerprint density at radius 1 is 1.23 bits per heavy atom. The van der Waals surface area contributed by atoms with E-state index in [9.17, 15) is 14.4 Å². The molecule has 0 spiro atoms. The predicted octanol–water partition coefficient (Wildman–Crippen LogP) is 1.44. The number of Topliss-reactive ketones (excluding diaryl/α,β-unsaturated/α-hetero) is 1. The van der Waals surface area contributed by atoms with E-state index in [1.165, 1.54) is 4.90 Å². The number of ketones is 1. The zero-order valence-corrected chi connectivity index (χ0v) is 15.5. The van der Waals surface area contributed by atoms with Gasteiger partial charge in [-0.1, -0.05) is 36.4 Å². The highest BCUT2D eigenvalue weighted by Crippen LogP contribution is 2.25. The Balaban J connectivity index is 2.14. The van der Waals surface area contributed by atoms with Crippen LogP contribution in [0.15, 0.2) is 0 Å². The van der Waals surface area contributed by atoms with Crippen molar-refractivity contribution < 1.29 is 23.9 Å². The lowest BCUT2D eigenvalue weighted by atomic mass is 9.94. The molecule has 1 aliphatic heterocycles. The molecule has 0 radical (unpaired) electrons.